The van der Waals surface area contributed by atoms with Crippen molar-refractivity contribution in [2.45, 2.75) is 39.5 Å². The van der Waals surface area contributed by atoms with Crippen LogP contribution in [0.5, 0.6) is 0 Å². The van der Waals surface area contributed by atoms with E-state index in [-0.39, 0.29) is 12.5 Å². The van der Waals surface area contributed by atoms with E-state index in [0.29, 0.717) is 5.11 Å². The lowest BCUT2D eigenvalue weighted by molar-refractivity contribution is -0.118. The quantitative estimate of drug-likeness (QED) is 0.513. The number of nitrogens with one attached hydrogen (secondary N) is 2. The highest BCUT2D eigenvalue weighted by atomic mass is 32.1. The standard InChI is InChI=1S/C22H29N3OS/c1-4-5-6-7-18-10-12-19(13-11-18)23-22(27)24-21(26)16-25(3)20-14-8-17(2)9-15-20/h8-15H,4-7,16H2,1-3H3,(H2,23,24,26,27). The van der Waals surface area contributed by atoms with Crippen molar-refractivity contribution in [3.8, 4) is 0 Å². The molecule has 0 unspecified atom stereocenters. The number of likely N-dealkylation sites (N-methyl/N-ethyl adjacent to an activating group) is 1. The van der Waals surface area contributed by atoms with Gasteiger partial charge in [-0.1, -0.05) is 49.6 Å². The first-order valence-electron chi connectivity index (χ1n) is 9.45. The summed E-state index contributed by atoms with van der Waals surface area (Å²) < 4.78 is 0. The molecule has 0 aliphatic heterocycles. The van der Waals surface area contributed by atoms with Crippen LogP contribution in [0.2, 0.25) is 0 Å². The Morgan fingerprint density at radius 2 is 1.70 bits per heavy atom. The molecule has 0 saturated heterocycles. The molecule has 0 atom stereocenters. The van der Waals surface area contributed by atoms with Crippen LogP contribution in [-0.2, 0) is 11.2 Å². The molecule has 4 nitrogen and oxygen atoms in total. The maximum Gasteiger partial charge on any atom is 0.245 e. The van der Waals surface area contributed by atoms with Gasteiger partial charge in [-0.05, 0) is 61.8 Å². The van der Waals surface area contributed by atoms with Crippen molar-refractivity contribution >= 4 is 34.6 Å². The SMILES string of the molecule is CCCCCc1ccc(NC(=S)NC(=O)CN(C)c2ccc(C)cc2)cc1. The van der Waals surface area contributed by atoms with Crippen LogP contribution in [-0.4, -0.2) is 24.6 Å². The molecule has 2 aromatic carbocycles. The number of benzene rings is 2. The number of anilines is 2. The van der Waals surface area contributed by atoms with Crippen molar-refractivity contribution in [2.75, 3.05) is 23.8 Å². The summed E-state index contributed by atoms with van der Waals surface area (Å²) in [7, 11) is 1.89. The third-order valence-electron chi connectivity index (χ3n) is 4.39. The normalized spacial score (nSPS) is 10.3. The van der Waals surface area contributed by atoms with Crippen molar-refractivity contribution in [2.24, 2.45) is 0 Å². The van der Waals surface area contributed by atoms with Crippen molar-refractivity contribution in [1.82, 2.24) is 5.32 Å². The van der Waals surface area contributed by atoms with Crippen molar-refractivity contribution in [3.05, 3.63) is 59.7 Å². The zero-order valence-corrected chi connectivity index (χ0v) is 17.2. The van der Waals surface area contributed by atoms with Crippen LogP contribution < -0.4 is 15.5 Å². The maximum absolute atomic E-state index is 12.2. The average molecular weight is 384 g/mol. The highest BCUT2D eigenvalue weighted by Gasteiger charge is 2.09. The van der Waals surface area contributed by atoms with Gasteiger partial charge in [-0.2, -0.15) is 0 Å². The number of nitrogens with zero attached hydrogens (tertiary/aromatic N) is 1. The Hall–Kier alpha value is -2.40. The van der Waals surface area contributed by atoms with Gasteiger partial charge in [0, 0.05) is 18.4 Å². The lowest BCUT2D eigenvalue weighted by Gasteiger charge is -2.19. The fourth-order valence-electron chi connectivity index (χ4n) is 2.77. The predicted octanol–water partition coefficient (Wildman–Crippen LogP) is 4.68. The van der Waals surface area contributed by atoms with E-state index >= 15 is 0 Å². The second-order valence-corrected chi connectivity index (χ2v) is 7.26. The molecule has 144 valence electrons. The van der Waals surface area contributed by atoms with Crippen LogP contribution >= 0.6 is 12.2 Å². The molecule has 2 N–H and O–H groups in total. The highest BCUT2D eigenvalue weighted by molar-refractivity contribution is 7.80. The van der Waals surface area contributed by atoms with Crippen molar-refractivity contribution < 1.29 is 4.79 Å². The van der Waals surface area contributed by atoms with Crippen molar-refractivity contribution in [3.63, 3.8) is 0 Å². The first kappa shape index (κ1) is 20.9. The molecular formula is C22H29N3OS. The summed E-state index contributed by atoms with van der Waals surface area (Å²) in [4.78, 5) is 14.1. The minimum Gasteiger partial charge on any atom is -0.365 e. The molecule has 0 spiro atoms. The maximum atomic E-state index is 12.2. The average Bonchev–Trinajstić information content (AvgIpc) is 2.63. The highest BCUT2D eigenvalue weighted by Crippen LogP contribution is 2.14. The summed E-state index contributed by atoms with van der Waals surface area (Å²) in [6, 6.07) is 16.3. The van der Waals surface area contributed by atoms with E-state index in [1.54, 1.807) is 0 Å². The summed E-state index contributed by atoms with van der Waals surface area (Å²) in [5, 5.41) is 6.12. The van der Waals surface area contributed by atoms with Crippen LogP contribution in [0.4, 0.5) is 11.4 Å². The molecule has 0 heterocycles. The summed E-state index contributed by atoms with van der Waals surface area (Å²) in [5.74, 6) is -0.147. The molecule has 1 amide bonds. The summed E-state index contributed by atoms with van der Waals surface area (Å²) in [5.41, 5.74) is 4.39. The van der Waals surface area contributed by atoms with E-state index in [1.165, 1.54) is 30.4 Å². The molecule has 0 saturated carbocycles. The molecule has 0 aliphatic carbocycles. The van der Waals surface area contributed by atoms with Gasteiger partial charge in [-0.25, -0.2) is 0 Å². The molecule has 5 heteroatoms. The summed E-state index contributed by atoms with van der Waals surface area (Å²) in [6.07, 6.45) is 4.80. The molecule has 0 fully saturated rings. The number of thiocarbonyl (C=S) groups is 1. The second kappa shape index (κ2) is 10.7. The van der Waals surface area contributed by atoms with Crippen LogP contribution in [0.15, 0.2) is 48.5 Å². The number of rotatable bonds is 8. The van der Waals surface area contributed by atoms with Gasteiger partial charge in [-0.3, -0.25) is 4.79 Å². The van der Waals surface area contributed by atoms with Crippen LogP contribution in [0, 0.1) is 6.92 Å². The Morgan fingerprint density at radius 3 is 2.33 bits per heavy atom. The fourth-order valence-corrected chi connectivity index (χ4v) is 3.00. The first-order chi connectivity index (χ1) is 13.0. The predicted molar refractivity (Wildman–Crippen MR) is 118 cm³/mol. The van der Waals surface area contributed by atoms with Gasteiger partial charge in [0.05, 0.1) is 6.54 Å². The zero-order chi connectivity index (χ0) is 19.6. The van der Waals surface area contributed by atoms with E-state index in [9.17, 15) is 4.79 Å². The Bertz CT molecular complexity index is 741. The number of carbonyl (C=O) groups is 1. The number of carbonyl (C=O) groups excluding carboxylic acids is 1. The van der Waals surface area contributed by atoms with E-state index in [0.717, 1.165) is 17.8 Å². The minimum atomic E-state index is -0.147. The van der Waals surface area contributed by atoms with E-state index in [1.807, 2.05) is 55.3 Å². The second-order valence-electron chi connectivity index (χ2n) is 6.85. The molecule has 0 aromatic heterocycles. The van der Waals surface area contributed by atoms with Gasteiger partial charge in [0.15, 0.2) is 5.11 Å². The van der Waals surface area contributed by atoms with E-state index in [4.69, 9.17) is 12.2 Å². The number of amides is 1. The van der Waals surface area contributed by atoms with Crippen LogP contribution in [0.25, 0.3) is 0 Å². The lowest BCUT2D eigenvalue weighted by Crippen LogP contribution is -2.40. The number of unbranched alkanes of at least 4 members (excludes halogenated alkanes) is 2. The topological polar surface area (TPSA) is 44.4 Å². The molecule has 0 aliphatic rings. The van der Waals surface area contributed by atoms with Gasteiger partial charge < -0.3 is 15.5 Å². The Labute approximate surface area is 168 Å². The molecule has 0 radical (unpaired) electrons. The smallest absolute Gasteiger partial charge is 0.245 e. The summed E-state index contributed by atoms with van der Waals surface area (Å²) in [6.45, 7) is 4.49. The Morgan fingerprint density at radius 1 is 1.04 bits per heavy atom. The Balaban J connectivity index is 1.78. The molecule has 0 bridgehead atoms. The van der Waals surface area contributed by atoms with Crippen LogP contribution in [0.1, 0.15) is 37.3 Å². The monoisotopic (exact) mass is 383 g/mol. The lowest BCUT2D eigenvalue weighted by atomic mass is 10.1. The number of aryl methyl sites for hydroxylation is 2. The minimum absolute atomic E-state index is 0.147. The van der Waals surface area contributed by atoms with Gasteiger partial charge in [0.25, 0.3) is 0 Å². The third-order valence-corrected chi connectivity index (χ3v) is 4.59. The van der Waals surface area contributed by atoms with E-state index < -0.39 is 0 Å². The molecular weight excluding hydrogens is 354 g/mol. The van der Waals surface area contributed by atoms with Crippen LogP contribution in [0.3, 0.4) is 0 Å². The van der Waals surface area contributed by atoms with Crippen molar-refractivity contribution in [1.29, 1.82) is 0 Å². The molecule has 2 aromatic rings. The Kier molecular flexibility index (Phi) is 8.27. The van der Waals surface area contributed by atoms with Gasteiger partial charge >= 0.3 is 0 Å². The van der Waals surface area contributed by atoms with E-state index in [2.05, 4.69) is 29.7 Å². The summed E-state index contributed by atoms with van der Waals surface area (Å²) >= 11 is 5.26. The largest absolute Gasteiger partial charge is 0.365 e. The van der Waals surface area contributed by atoms with Gasteiger partial charge in [0.1, 0.15) is 0 Å². The fraction of sp³-hybridized carbons (Fsp3) is 0.364. The number of hydrogen-bond donors (Lipinski definition) is 2. The zero-order valence-electron chi connectivity index (χ0n) is 16.4. The number of hydrogen-bond acceptors (Lipinski definition) is 3. The molecule has 2 rings (SSSR count). The third kappa shape index (κ3) is 7.39. The van der Waals surface area contributed by atoms with Gasteiger partial charge in [-0.15, -0.1) is 0 Å². The first-order valence-corrected chi connectivity index (χ1v) is 9.86. The van der Waals surface area contributed by atoms with Gasteiger partial charge in [0.2, 0.25) is 5.91 Å². The molecule has 27 heavy (non-hydrogen) atoms.